The highest BCUT2D eigenvalue weighted by Gasteiger charge is 2.38. The topological polar surface area (TPSA) is 56.1 Å². The quantitative estimate of drug-likeness (QED) is 0.451. The van der Waals surface area contributed by atoms with Crippen molar-refractivity contribution in [1.29, 1.82) is 0 Å². The van der Waals surface area contributed by atoms with Gasteiger partial charge in [-0.25, -0.2) is 0 Å². The van der Waals surface area contributed by atoms with Crippen LogP contribution in [-0.4, -0.2) is 47.2 Å². The Labute approximate surface area is 146 Å². The van der Waals surface area contributed by atoms with Gasteiger partial charge in [-0.05, 0) is 44.5 Å². The first-order chi connectivity index (χ1) is 11.5. The van der Waals surface area contributed by atoms with Crippen LogP contribution in [0, 0.1) is 0 Å². The summed E-state index contributed by atoms with van der Waals surface area (Å²) in [6.45, 7) is 2.91. The summed E-state index contributed by atoms with van der Waals surface area (Å²) in [5, 5.41) is 23.9. The molecule has 0 aliphatic heterocycles. The molecule has 134 valence electrons. The highest BCUT2D eigenvalue weighted by atomic mass is 16.4. The number of hydrogen-bond donors (Lipinski definition) is 2. The minimum atomic E-state index is -0.610. The number of aliphatic hydroxyl groups is 1. The average molecular weight is 332 g/mol. The zero-order valence-corrected chi connectivity index (χ0v) is 15.3. The summed E-state index contributed by atoms with van der Waals surface area (Å²) in [6.07, 6.45) is 6.92. The number of rotatable bonds is 7. The molecule has 1 aliphatic carbocycles. The van der Waals surface area contributed by atoms with Gasteiger partial charge in [0.15, 0.2) is 0 Å². The minimum absolute atomic E-state index is 0.113. The summed E-state index contributed by atoms with van der Waals surface area (Å²) >= 11 is 0. The van der Waals surface area contributed by atoms with Gasteiger partial charge >= 0.3 is 0 Å². The van der Waals surface area contributed by atoms with E-state index >= 15 is 0 Å². The van der Waals surface area contributed by atoms with E-state index in [0.717, 1.165) is 56.3 Å². The van der Waals surface area contributed by atoms with E-state index in [0.29, 0.717) is 0 Å². The Morgan fingerprint density at radius 2 is 1.79 bits per heavy atom. The van der Waals surface area contributed by atoms with Crippen LogP contribution >= 0.6 is 0 Å². The Morgan fingerprint density at radius 1 is 1.17 bits per heavy atom. The standard InChI is InChI=1S/C20H32N2O2/c1-4-8-19(21-24)17-11-9-16(10-12-17)18(15-22(2)3)20(23)13-6-5-7-14-20/h9-12,18,23-24H,4-8,13-15H2,1-3H3/b21-19+. The van der Waals surface area contributed by atoms with E-state index in [1.807, 2.05) is 12.1 Å². The van der Waals surface area contributed by atoms with E-state index in [1.165, 1.54) is 12.0 Å². The van der Waals surface area contributed by atoms with Gasteiger partial charge < -0.3 is 15.2 Å². The molecule has 1 aromatic rings. The predicted molar refractivity (Wildman–Crippen MR) is 99.0 cm³/mol. The lowest BCUT2D eigenvalue weighted by molar-refractivity contribution is -0.0277. The molecule has 0 bridgehead atoms. The van der Waals surface area contributed by atoms with E-state index in [9.17, 15) is 10.3 Å². The van der Waals surface area contributed by atoms with E-state index in [4.69, 9.17) is 0 Å². The molecule has 0 saturated heterocycles. The third kappa shape index (κ3) is 4.58. The van der Waals surface area contributed by atoms with Crippen molar-refractivity contribution < 1.29 is 10.3 Å². The fourth-order valence-electron chi connectivity index (χ4n) is 3.86. The molecule has 1 atom stereocenters. The number of benzene rings is 1. The van der Waals surface area contributed by atoms with Crippen molar-refractivity contribution >= 4 is 5.71 Å². The van der Waals surface area contributed by atoms with Crippen molar-refractivity contribution in [2.24, 2.45) is 5.16 Å². The van der Waals surface area contributed by atoms with Gasteiger partial charge in [0.1, 0.15) is 0 Å². The second-order valence-electron chi connectivity index (χ2n) is 7.40. The Balaban J connectivity index is 2.26. The van der Waals surface area contributed by atoms with E-state index in [-0.39, 0.29) is 5.92 Å². The van der Waals surface area contributed by atoms with Crippen LogP contribution in [0.15, 0.2) is 29.4 Å². The molecule has 4 heteroatoms. The summed E-state index contributed by atoms with van der Waals surface area (Å²) in [5.41, 5.74) is 2.25. The Bertz CT molecular complexity index is 531. The van der Waals surface area contributed by atoms with Crippen molar-refractivity contribution in [2.75, 3.05) is 20.6 Å². The summed E-state index contributed by atoms with van der Waals surface area (Å²) < 4.78 is 0. The Morgan fingerprint density at radius 3 is 2.29 bits per heavy atom. The molecule has 1 aromatic carbocycles. The van der Waals surface area contributed by atoms with Gasteiger partial charge in [0.25, 0.3) is 0 Å². The lowest BCUT2D eigenvalue weighted by atomic mass is 9.72. The molecule has 0 heterocycles. The van der Waals surface area contributed by atoms with Crippen LogP contribution in [-0.2, 0) is 0 Å². The molecular weight excluding hydrogens is 300 g/mol. The second-order valence-corrected chi connectivity index (χ2v) is 7.40. The molecule has 1 fully saturated rings. The predicted octanol–water partition coefficient (Wildman–Crippen LogP) is 4.01. The van der Waals surface area contributed by atoms with Crippen LogP contribution in [0.5, 0.6) is 0 Å². The molecule has 0 radical (unpaired) electrons. The van der Waals surface area contributed by atoms with Gasteiger partial charge in [-0.15, -0.1) is 0 Å². The normalized spacial score (nSPS) is 19.5. The summed E-state index contributed by atoms with van der Waals surface area (Å²) in [7, 11) is 4.12. The third-order valence-corrected chi connectivity index (χ3v) is 5.17. The summed E-state index contributed by atoms with van der Waals surface area (Å²) in [4.78, 5) is 2.16. The Kier molecular flexibility index (Phi) is 6.81. The molecule has 2 rings (SSSR count). The minimum Gasteiger partial charge on any atom is -0.411 e. The maximum atomic E-state index is 11.3. The van der Waals surface area contributed by atoms with E-state index in [2.05, 4.69) is 43.2 Å². The third-order valence-electron chi connectivity index (χ3n) is 5.17. The first-order valence-corrected chi connectivity index (χ1v) is 9.18. The number of nitrogens with zero attached hydrogens (tertiary/aromatic N) is 2. The molecule has 0 aromatic heterocycles. The first-order valence-electron chi connectivity index (χ1n) is 9.18. The second kappa shape index (κ2) is 8.63. The van der Waals surface area contributed by atoms with E-state index in [1.54, 1.807) is 0 Å². The maximum Gasteiger partial charge on any atom is 0.0867 e. The van der Waals surface area contributed by atoms with Crippen LogP contribution in [0.25, 0.3) is 0 Å². The SMILES string of the molecule is CCC/C(=N\O)c1ccc(C(CN(C)C)C2(O)CCCCC2)cc1. The van der Waals surface area contributed by atoms with Gasteiger partial charge in [0.2, 0.25) is 0 Å². The van der Waals surface area contributed by atoms with Gasteiger partial charge in [-0.2, -0.15) is 0 Å². The van der Waals surface area contributed by atoms with Crippen molar-refractivity contribution in [2.45, 2.75) is 63.4 Å². The highest BCUT2D eigenvalue weighted by Crippen LogP contribution is 2.40. The highest BCUT2D eigenvalue weighted by molar-refractivity contribution is 6.00. The maximum absolute atomic E-state index is 11.3. The van der Waals surface area contributed by atoms with Crippen molar-refractivity contribution in [3.8, 4) is 0 Å². The summed E-state index contributed by atoms with van der Waals surface area (Å²) in [6, 6.07) is 8.23. The molecule has 4 nitrogen and oxygen atoms in total. The fourth-order valence-corrected chi connectivity index (χ4v) is 3.86. The zero-order valence-electron chi connectivity index (χ0n) is 15.3. The summed E-state index contributed by atoms with van der Waals surface area (Å²) in [5.74, 6) is 0.113. The van der Waals surface area contributed by atoms with Crippen molar-refractivity contribution in [1.82, 2.24) is 4.90 Å². The molecule has 0 spiro atoms. The van der Waals surface area contributed by atoms with Gasteiger partial charge in [-0.3, -0.25) is 0 Å². The smallest absolute Gasteiger partial charge is 0.0867 e. The molecule has 24 heavy (non-hydrogen) atoms. The number of oxime groups is 1. The van der Waals surface area contributed by atoms with Crippen LogP contribution in [0.3, 0.4) is 0 Å². The largest absolute Gasteiger partial charge is 0.411 e. The Hall–Kier alpha value is -1.39. The number of likely N-dealkylation sites (N-methyl/N-ethyl adjacent to an activating group) is 1. The van der Waals surface area contributed by atoms with Gasteiger partial charge in [0, 0.05) is 12.5 Å². The lowest BCUT2D eigenvalue weighted by Crippen LogP contribution is -2.42. The van der Waals surface area contributed by atoms with Crippen LogP contribution in [0.4, 0.5) is 0 Å². The van der Waals surface area contributed by atoms with Crippen LogP contribution in [0.2, 0.25) is 0 Å². The average Bonchev–Trinajstić information content (AvgIpc) is 2.58. The zero-order chi connectivity index (χ0) is 17.6. The number of hydrogen-bond acceptors (Lipinski definition) is 4. The molecule has 1 unspecified atom stereocenters. The first kappa shape index (κ1) is 18.9. The van der Waals surface area contributed by atoms with Crippen molar-refractivity contribution in [3.63, 3.8) is 0 Å². The van der Waals surface area contributed by atoms with E-state index < -0.39 is 5.60 Å². The molecule has 1 saturated carbocycles. The molecule has 1 aliphatic rings. The monoisotopic (exact) mass is 332 g/mol. The van der Waals surface area contributed by atoms with Crippen molar-refractivity contribution in [3.05, 3.63) is 35.4 Å². The molecular formula is C20H32N2O2. The molecule has 2 N–H and O–H groups in total. The molecule has 0 amide bonds. The van der Waals surface area contributed by atoms with Gasteiger partial charge in [0.05, 0.1) is 11.3 Å². The fraction of sp³-hybridized carbons (Fsp3) is 0.650. The van der Waals surface area contributed by atoms with Crippen LogP contribution in [0.1, 0.15) is 68.9 Å². The van der Waals surface area contributed by atoms with Crippen LogP contribution < -0.4 is 0 Å². The lowest BCUT2D eigenvalue weighted by Gasteiger charge is -2.41. The van der Waals surface area contributed by atoms with Gasteiger partial charge in [-0.1, -0.05) is 62.0 Å².